The zero-order valence-corrected chi connectivity index (χ0v) is 24.6. The van der Waals surface area contributed by atoms with Crippen LogP contribution in [0.15, 0.2) is 113 Å². The monoisotopic (exact) mass is 598 g/mol. The fourth-order valence-corrected chi connectivity index (χ4v) is 7.75. The standard InChI is InChI=1S/C32H26N2O6S2/c1-21-8-13-24(14-9-21)41(36,37)33-19-28(26-6-4-5-7-30(26)33)32(35)29-20-34(31-17-12-23(40-3)18-27(29)31)42(38,39)25-15-10-22(2)11-16-25/h4-20H,1-3H3. The van der Waals surface area contributed by atoms with Gasteiger partial charge in [0, 0.05) is 34.3 Å². The van der Waals surface area contributed by atoms with Crippen molar-refractivity contribution in [3.8, 4) is 5.75 Å². The lowest BCUT2D eigenvalue weighted by Gasteiger charge is -2.08. The molecule has 0 aliphatic rings. The summed E-state index contributed by atoms with van der Waals surface area (Å²) in [5.41, 5.74) is 2.65. The van der Waals surface area contributed by atoms with Crippen molar-refractivity contribution in [3.05, 3.63) is 126 Å². The molecule has 6 rings (SSSR count). The van der Waals surface area contributed by atoms with Gasteiger partial charge in [-0.05, 0) is 62.4 Å². The maximum Gasteiger partial charge on any atom is 0.268 e. The minimum absolute atomic E-state index is 0.0700. The number of benzene rings is 4. The van der Waals surface area contributed by atoms with Gasteiger partial charge in [0.15, 0.2) is 5.78 Å². The van der Waals surface area contributed by atoms with Crippen LogP contribution in [0.1, 0.15) is 27.0 Å². The second-order valence-corrected chi connectivity index (χ2v) is 13.7. The SMILES string of the molecule is COc1ccc2c(c1)c(C(=O)c1cn(S(=O)(=O)c3ccc(C)cc3)c3ccccc13)cn2S(=O)(=O)c1ccc(C)cc1. The van der Waals surface area contributed by atoms with Gasteiger partial charge in [-0.1, -0.05) is 53.6 Å². The van der Waals surface area contributed by atoms with E-state index in [9.17, 15) is 21.6 Å². The van der Waals surface area contributed by atoms with Gasteiger partial charge in [0.2, 0.25) is 0 Å². The summed E-state index contributed by atoms with van der Waals surface area (Å²) in [6.07, 6.45) is 2.60. The van der Waals surface area contributed by atoms with E-state index < -0.39 is 25.8 Å². The Labute approximate surface area is 243 Å². The lowest BCUT2D eigenvalue weighted by atomic mass is 10.0. The molecule has 0 fully saturated rings. The largest absolute Gasteiger partial charge is 0.497 e. The topological polar surface area (TPSA) is 104 Å². The van der Waals surface area contributed by atoms with Crippen LogP contribution in [0.5, 0.6) is 5.75 Å². The van der Waals surface area contributed by atoms with E-state index in [4.69, 9.17) is 4.74 Å². The van der Waals surface area contributed by atoms with Gasteiger partial charge in [0.1, 0.15) is 5.75 Å². The molecule has 212 valence electrons. The van der Waals surface area contributed by atoms with Crippen LogP contribution in [-0.4, -0.2) is 37.7 Å². The van der Waals surface area contributed by atoms with Crippen molar-refractivity contribution in [2.24, 2.45) is 0 Å². The Morgan fingerprint density at radius 2 is 1.10 bits per heavy atom. The number of carbonyl (C=O) groups is 1. The minimum atomic E-state index is -4.07. The Morgan fingerprint density at radius 3 is 1.62 bits per heavy atom. The summed E-state index contributed by atoms with van der Waals surface area (Å²) < 4.78 is 62.5. The van der Waals surface area contributed by atoms with E-state index in [0.29, 0.717) is 22.0 Å². The van der Waals surface area contributed by atoms with Crippen LogP contribution >= 0.6 is 0 Å². The van der Waals surface area contributed by atoms with Gasteiger partial charge in [0.05, 0.1) is 27.9 Å². The van der Waals surface area contributed by atoms with Crippen LogP contribution in [0.3, 0.4) is 0 Å². The fourth-order valence-electron chi connectivity index (χ4n) is 5.01. The van der Waals surface area contributed by atoms with Crippen molar-refractivity contribution >= 4 is 47.6 Å². The number of hydrogen-bond acceptors (Lipinski definition) is 6. The highest BCUT2D eigenvalue weighted by Gasteiger charge is 2.28. The van der Waals surface area contributed by atoms with E-state index in [2.05, 4.69) is 0 Å². The molecule has 0 spiro atoms. The third-order valence-electron chi connectivity index (χ3n) is 7.30. The number of para-hydroxylation sites is 1. The first-order valence-electron chi connectivity index (χ1n) is 13.0. The average molecular weight is 599 g/mol. The van der Waals surface area contributed by atoms with E-state index in [1.165, 1.54) is 43.8 Å². The molecule has 0 unspecified atom stereocenters. The first-order chi connectivity index (χ1) is 20.0. The number of aryl methyl sites for hydroxylation is 2. The highest BCUT2D eigenvalue weighted by Crippen LogP contribution is 2.34. The average Bonchev–Trinajstić information content (AvgIpc) is 3.57. The molecule has 0 aliphatic heterocycles. The number of fused-ring (bicyclic) bond motifs is 2. The van der Waals surface area contributed by atoms with Gasteiger partial charge in [-0.25, -0.2) is 24.8 Å². The molecule has 2 heterocycles. The third-order valence-corrected chi connectivity index (χ3v) is 10.7. The summed E-state index contributed by atoms with van der Waals surface area (Å²) in [5, 5.41) is 0.775. The molecule has 42 heavy (non-hydrogen) atoms. The van der Waals surface area contributed by atoms with Crippen LogP contribution < -0.4 is 4.74 Å². The third kappa shape index (κ3) is 4.40. The molecule has 0 atom stereocenters. The number of aromatic nitrogens is 2. The molecule has 0 N–H and O–H groups in total. The normalized spacial score (nSPS) is 12.2. The van der Waals surface area contributed by atoms with E-state index >= 15 is 0 Å². The van der Waals surface area contributed by atoms with Crippen molar-refractivity contribution in [2.45, 2.75) is 23.6 Å². The van der Waals surface area contributed by atoms with Crippen molar-refractivity contribution in [1.82, 2.24) is 7.94 Å². The zero-order valence-electron chi connectivity index (χ0n) is 23.0. The molecule has 0 saturated carbocycles. The molecule has 0 radical (unpaired) electrons. The molecule has 2 aromatic heterocycles. The van der Waals surface area contributed by atoms with Gasteiger partial charge in [-0.2, -0.15) is 0 Å². The van der Waals surface area contributed by atoms with Crippen LogP contribution in [0.4, 0.5) is 0 Å². The minimum Gasteiger partial charge on any atom is -0.497 e. The van der Waals surface area contributed by atoms with E-state index in [-0.39, 0.29) is 26.4 Å². The summed E-state index contributed by atoms with van der Waals surface area (Å²) in [6.45, 7) is 3.72. The van der Waals surface area contributed by atoms with Gasteiger partial charge < -0.3 is 4.74 Å². The predicted molar refractivity (Wildman–Crippen MR) is 161 cm³/mol. The predicted octanol–water partition coefficient (Wildman–Crippen LogP) is 5.93. The number of nitrogens with zero attached hydrogens (tertiary/aromatic N) is 2. The molecular formula is C32H26N2O6S2. The summed E-state index contributed by atoms with van der Waals surface area (Å²) in [5.74, 6) is -0.0911. The van der Waals surface area contributed by atoms with Crippen LogP contribution in [0.2, 0.25) is 0 Å². The lowest BCUT2D eigenvalue weighted by Crippen LogP contribution is -2.12. The van der Waals surface area contributed by atoms with Gasteiger partial charge in [0.25, 0.3) is 20.0 Å². The van der Waals surface area contributed by atoms with Crippen LogP contribution in [0, 0.1) is 13.8 Å². The molecule has 4 aromatic carbocycles. The first-order valence-corrected chi connectivity index (χ1v) is 15.9. The number of hydrogen-bond donors (Lipinski definition) is 0. The Hall–Kier alpha value is -4.67. The highest BCUT2D eigenvalue weighted by atomic mass is 32.2. The van der Waals surface area contributed by atoms with Crippen LogP contribution in [-0.2, 0) is 20.0 Å². The number of methoxy groups -OCH3 is 1. The molecule has 0 bridgehead atoms. The fraction of sp³-hybridized carbons (Fsp3) is 0.0938. The summed E-state index contributed by atoms with van der Waals surface area (Å²) in [7, 11) is -6.64. The molecule has 0 amide bonds. The summed E-state index contributed by atoms with van der Waals surface area (Å²) in [6, 6.07) is 24.4. The van der Waals surface area contributed by atoms with Crippen molar-refractivity contribution < 1.29 is 26.4 Å². The highest BCUT2D eigenvalue weighted by molar-refractivity contribution is 7.90. The van der Waals surface area contributed by atoms with Gasteiger partial charge >= 0.3 is 0 Å². The van der Waals surface area contributed by atoms with E-state index in [1.807, 2.05) is 13.8 Å². The van der Waals surface area contributed by atoms with Crippen LogP contribution in [0.25, 0.3) is 21.8 Å². The number of ketones is 1. The van der Waals surface area contributed by atoms with Crippen molar-refractivity contribution in [3.63, 3.8) is 0 Å². The van der Waals surface area contributed by atoms with Gasteiger partial charge in [-0.3, -0.25) is 4.79 Å². The first kappa shape index (κ1) is 27.5. The molecule has 8 nitrogen and oxygen atoms in total. The summed E-state index contributed by atoms with van der Waals surface area (Å²) >= 11 is 0. The number of carbonyl (C=O) groups excluding carboxylic acids is 1. The van der Waals surface area contributed by atoms with Gasteiger partial charge in [-0.15, -0.1) is 0 Å². The molecule has 6 aromatic rings. The van der Waals surface area contributed by atoms with Crippen molar-refractivity contribution in [1.29, 1.82) is 0 Å². The maximum absolute atomic E-state index is 14.3. The Morgan fingerprint density at radius 1 is 0.619 bits per heavy atom. The smallest absolute Gasteiger partial charge is 0.268 e. The zero-order chi connectivity index (χ0) is 29.8. The molecule has 0 saturated heterocycles. The molecular weight excluding hydrogens is 572 g/mol. The second-order valence-electron chi connectivity index (χ2n) is 10.0. The number of ether oxygens (including phenoxy) is 1. The lowest BCUT2D eigenvalue weighted by molar-refractivity contribution is 0.104. The quantitative estimate of drug-likeness (QED) is 0.211. The van der Waals surface area contributed by atoms with E-state index in [0.717, 1.165) is 19.1 Å². The van der Waals surface area contributed by atoms with E-state index in [1.54, 1.807) is 66.7 Å². The second kappa shape index (κ2) is 10.0. The molecule has 0 aliphatic carbocycles. The Balaban J connectivity index is 1.57. The van der Waals surface area contributed by atoms with Crippen molar-refractivity contribution in [2.75, 3.05) is 7.11 Å². The summed E-state index contributed by atoms with van der Waals surface area (Å²) in [4.78, 5) is 14.4. The Bertz CT molecular complexity index is 2230. The molecule has 10 heteroatoms. The Kier molecular flexibility index (Phi) is 6.55. The maximum atomic E-state index is 14.3. The number of rotatable bonds is 7.